The van der Waals surface area contributed by atoms with E-state index in [4.69, 9.17) is 10.3 Å². The summed E-state index contributed by atoms with van der Waals surface area (Å²) in [6.45, 7) is 2.09. The van der Waals surface area contributed by atoms with Gasteiger partial charge in [-0.15, -0.1) is 0 Å². The number of aromatic nitrogens is 2. The zero-order valence-electron chi connectivity index (χ0n) is 9.77. The molecule has 0 amide bonds. The Morgan fingerprint density at radius 1 is 1.35 bits per heavy atom. The lowest BCUT2D eigenvalue weighted by molar-refractivity contribution is 0.439. The normalized spacial score (nSPS) is 11.2. The largest absolute Gasteiger partial charge is 0.368 e. The second kappa shape index (κ2) is 3.38. The number of nitrogen functional groups attached to an aromatic ring is 1. The van der Waals surface area contributed by atoms with Crippen LogP contribution in [0.5, 0.6) is 0 Å². The molecule has 17 heavy (non-hydrogen) atoms. The number of nitrogens with zero attached hydrogens (tertiary/aromatic N) is 2. The average Bonchev–Trinajstić information content (AvgIpc) is 2.85. The number of hydrogen-bond acceptors (Lipinski definition) is 3. The van der Waals surface area contributed by atoms with Gasteiger partial charge < -0.3 is 14.8 Å². The molecule has 3 aromatic rings. The van der Waals surface area contributed by atoms with Crippen LogP contribution in [0.1, 0.15) is 5.56 Å². The van der Waals surface area contributed by atoms with E-state index in [0.717, 1.165) is 11.3 Å². The van der Waals surface area contributed by atoms with Crippen LogP contribution in [0.15, 0.2) is 35.0 Å². The summed E-state index contributed by atoms with van der Waals surface area (Å²) in [5, 5.41) is 5.17. The molecule has 2 N–H and O–H groups in total. The van der Waals surface area contributed by atoms with Gasteiger partial charge in [0.15, 0.2) is 0 Å². The number of aryl methyl sites for hydroxylation is 2. The molecule has 2 heterocycles. The van der Waals surface area contributed by atoms with Gasteiger partial charge >= 0.3 is 0 Å². The summed E-state index contributed by atoms with van der Waals surface area (Å²) in [5.41, 5.74) is 9.81. The fourth-order valence-electron chi connectivity index (χ4n) is 2.23. The van der Waals surface area contributed by atoms with Crippen molar-refractivity contribution < 1.29 is 4.52 Å². The van der Waals surface area contributed by atoms with Gasteiger partial charge in [0.2, 0.25) is 5.88 Å². The standard InChI is InChI=1S/C13H13N3O/c1-8-4-3-5-11-13(8)9(7-16(11)2)10-6-12(14)17-15-10/h3-7H,14H2,1-2H3. The molecule has 0 aliphatic heterocycles. The van der Waals surface area contributed by atoms with E-state index in [0.29, 0.717) is 5.88 Å². The van der Waals surface area contributed by atoms with Gasteiger partial charge in [0.1, 0.15) is 5.69 Å². The Balaban J connectivity index is 2.37. The average molecular weight is 227 g/mol. The fraction of sp³-hybridized carbons (Fsp3) is 0.154. The maximum absolute atomic E-state index is 5.57. The molecule has 0 saturated carbocycles. The van der Waals surface area contributed by atoms with Gasteiger partial charge in [0, 0.05) is 35.8 Å². The minimum Gasteiger partial charge on any atom is -0.368 e. The summed E-state index contributed by atoms with van der Waals surface area (Å²) >= 11 is 0. The Morgan fingerprint density at radius 3 is 2.88 bits per heavy atom. The first-order valence-corrected chi connectivity index (χ1v) is 5.44. The second-order valence-electron chi connectivity index (χ2n) is 4.24. The van der Waals surface area contributed by atoms with Crippen molar-refractivity contribution in [3.05, 3.63) is 36.0 Å². The van der Waals surface area contributed by atoms with E-state index in [1.165, 1.54) is 16.5 Å². The second-order valence-corrected chi connectivity index (χ2v) is 4.24. The molecule has 0 radical (unpaired) electrons. The van der Waals surface area contributed by atoms with E-state index in [-0.39, 0.29) is 0 Å². The first kappa shape index (κ1) is 9.96. The molecule has 1 aromatic carbocycles. The van der Waals surface area contributed by atoms with Crippen molar-refractivity contribution in [2.45, 2.75) is 6.92 Å². The van der Waals surface area contributed by atoms with E-state index in [1.54, 1.807) is 6.07 Å². The third-order valence-electron chi connectivity index (χ3n) is 3.03. The molecular formula is C13H13N3O. The van der Waals surface area contributed by atoms with Gasteiger partial charge in [0.25, 0.3) is 0 Å². The highest BCUT2D eigenvalue weighted by atomic mass is 16.5. The van der Waals surface area contributed by atoms with E-state index >= 15 is 0 Å². The van der Waals surface area contributed by atoms with E-state index in [1.807, 2.05) is 7.05 Å². The van der Waals surface area contributed by atoms with Crippen molar-refractivity contribution in [1.82, 2.24) is 9.72 Å². The number of nitrogens with two attached hydrogens (primary N) is 1. The first-order chi connectivity index (χ1) is 8.16. The Morgan fingerprint density at radius 2 is 2.18 bits per heavy atom. The van der Waals surface area contributed by atoms with E-state index in [9.17, 15) is 0 Å². The van der Waals surface area contributed by atoms with Crippen LogP contribution < -0.4 is 5.73 Å². The van der Waals surface area contributed by atoms with Crippen LogP contribution in [0.2, 0.25) is 0 Å². The summed E-state index contributed by atoms with van der Waals surface area (Å²) in [4.78, 5) is 0. The lowest BCUT2D eigenvalue weighted by Crippen LogP contribution is -1.83. The summed E-state index contributed by atoms with van der Waals surface area (Å²) in [5.74, 6) is 0.339. The van der Waals surface area contributed by atoms with Crippen LogP contribution in [-0.2, 0) is 7.05 Å². The molecule has 4 nitrogen and oxygen atoms in total. The van der Waals surface area contributed by atoms with Gasteiger partial charge in [-0.05, 0) is 18.6 Å². The van der Waals surface area contributed by atoms with Gasteiger partial charge in [-0.1, -0.05) is 17.3 Å². The Hall–Kier alpha value is -2.23. The molecule has 0 aliphatic rings. The van der Waals surface area contributed by atoms with Gasteiger partial charge in [-0.2, -0.15) is 0 Å². The lowest BCUT2D eigenvalue weighted by Gasteiger charge is -1.99. The number of benzene rings is 1. The maximum atomic E-state index is 5.57. The predicted octanol–water partition coefficient (Wildman–Crippen LogP) is 2.72. The highest BCUT2D eigenvalue weighted by Crippen LogP contribution is 2.32. The molecule has 0 spiro atoms. The maximum Gasteiger partial charge on any atom is 0.222 e. The molecule has 86 valence electrons. The zero-order valence-corrected chi connectivity index (χ0v) is 9.77. The predicted molar refractivity (Wildman–Crippen MR) is 67.6 cm³/mol. The van der Waals surface area contributed by atoms with Crippen LogP contribution in [0.25, 0.3) is 22.2 Å². The summed E-state index contributed by atoms with van der Waals surface area (Å²) in [6, 6.07) is 7.99. The summed E-state index contributed by atoms with van der Waals surface area (Å²) < 4.78 is 7.02. The van der Waals surface area contributed by atoms with E-state index in [2.05, 4.69) is 41.0 Å². The topological polar surface area (TPSA) is 57.0 Å². The van der Waals surface area contributed by atoms with Crippen LogP contribution in [0.4, 0.5) is 5.88 Å². The molecule has 0 fully saturated rings. The third kappa shape index (κ3) is 1.41. The van der Waals surface area contributed by atoms with Crippen molar-refractivity contribution in [2.24, 2.45) is 7.05 Å². The SMILES string of the molecule is Cc1cccc2c1c(-c1cc(N)on1)cn2C. The first-order valence-electron chi connectivity index (χ1n) is 5.44. The number of hydrogen-bond donors (Lipinski definition) is 1. The lowest BCUT2D eigenvalue weighted by atomic mass is 10.1. The summed E-state index contributed by atoms with van der Waals surface area (Å²) in [7, 11) is 2.02. The Kier molecular flexibility index (Phi) is 1.98. The Labute approximate surface area is 98.6 Å². The molecule has 3 rings (SSSR count). The Bertz CT molecular complexity index is 694. The minimum atomic E-state index is 0.339. The van der Waals surface area contributed by atoms with Gasteiger partial charge in [-0.3, -0.25) is 0 Å². The number of anilines is 1. The highest BCUT2D eigenvalue weighted by molar-refractivity contribution is 5.97. The van der Waals surface area contributed by atoms with Gasteiger partial charge in [0.05, 0.1) is 0 Å². The molecule has 0 aliphatic carbocycles. The molecule has 4 heteroatoms. The molecule has 0 saturated heterocycles. The van der Waals surface area contributed by atoms with Crippen LogP contribution in [0, 0.1) is 6.92 Å². The molecule has 2 aromatic heterocycles. The van der Waals surface area contributed by atoms with Crippen molar-refractivity contribution in [3.63, 3.8) is 0 Å². The van der Waals surface area contributed by atoms with Crippen molar-refractivity contribution in [1.29, 1.82) is 0 Å². The minimum absolute atomic E-state index is 0.339. The van der Waals surface area contributed by atoms with Crippen LogP contribution >= 0.6 is 0 Å². The third-order valence-corrected chi connectivity index (χ3v) is 3.03. The smallest absolute Gasteiger partial charge is 0.222 e. The van der Waals surface area contributed by atoms with Crippen molar-refractivity contribution in [2.75, 3.05) is 5.73 Å². The van der Waals surface area contributed by atoms with Crippen LogP contribution in [0.3, 0.4) is 0 Å². The molecule has 0 unspecified atom stereocenters. The highest BCUT2D eigenvalue weighted by Gasteiger charge is 2.13. The molecule has 0 atom stereocenters. The fourth-order valence-corrected chi connectivity index (χ4v) is 2.23. The molecular weight excluding hydrogens is 214 g/mol. The number of fused-ring (bicyclic) bond motifs is 1. The van der Waals surface area contributed by atoms with Gasteiger partial charge in [-0.25, -0.2) is 0 Å². The quantitative estimate of drug-likeness (QED) is 0.695. The van der Waals surface area contributed by atoms with Crippen molar-refractivity contribution in [3.8, 4) is 11.3 Å². The molecule has 0 bridgehead atoms. The summed E-state index contributed by atoms with van der Waals surface area (Å²) in [6.07, 6.45) is 2.05. The zero-order chi connectivity index (χ0) is 12.0. The van der Waals surface area contributed by atoms with E-state index < -0.39 is 0 Å². The monoisotopic (exact) mass is 227 g/mol. The number of rotatable bonds is 1. The van der Waals surface area contributed by atoms with Crippen LogP contribution in [-0.4, -0.2) is 9.72 Å². The van der Waals surface area contributed by atoms with Crippen molar-refractivity contribution >= 4 is 16.8 Å².